The van der Waals surface area contributed by atoms with Crippen LogP contribution in [0.4, 0.5) is 4.79 Å². The maximum absolute atomic E-state index is 13.4. The van der Waals surface area contributed by atoms with Crippen LogP contribution in [0.15, 0.2) is 24.3 Å². The highest BCUT2D eigenvalue weighted by atomic mass is 16.5. The molecule has 0 bridgehead atoms. The molecular weight excluding hydrogens is 470 g/mol. The Morgan fingerprint density at radius 1 is 1.22 bits per heavy atom. The molecule has 0 spiro atoms. The summed E-state index contributed by atoms with van der Waals surface area (Å²) < 4.78 is 10.9. The molecule has 3 saturated heterocycles. The Morgan fingerprint density at radius 2 is 1.97 bits per heavy atom. The number of likely N-dealkylation sites (N-methyl/N-ethyl adjacent to an activating group) is 1. The molecule has 2 N–H and O–H groups in total. The minimum atomic E-state index is -1.05. The fourth-order valence-corrected chi connectivity index (χ4v) is 5.04. The van der Waals surface area contributed by atoms with Crippen molar-refractivity contribution in [2.75, 3.05) is 40.4 Å². The predicted molar refractivity (Wildman–Crippen MR) is 127 cm³/mol. The zero-order valence-corrected chi connectivity index (χ0v) is 20.6. The third-order valence-corrected chi connectivity index (χ3v) is 6.83. The summed E-state index contributed by atoms with van der Waals surface area (Å²) in [6, 6.07) is 5.92. The summed E-state index contributed by atoms with van der Waals surface area (Å²) in [7, 11) is 3.23. The van der Waals surface area contributed by atoms with Gasteiger partial charge in [-0.15, -0.1) is 0 Å². The van der Waals surface area contributed by atoms with Crippen LogP contribution in [-0.4, -0.2) is 107 Å². The van der Waals surface area contributed by atoms with E-state index in [2.05, 4.69) is 5.32 Å². The van der Waals surface area contributed by atoms with Crippen LogP contribution >= 0.6 is 0 Å². The Balaban J connectivity index is 1.55. The molecule has 36 heavy (non-hydrogen) atoms. The Bertz CT molecular complexity index is 982. The molecule has 12 heteroatoms. The van der Waals surface area contributed by atoms with Crippen LogP contribution in [0.3, 0.4) is 0 Å². The highest BCUT2D eigenvalue weighted by molar-refractivity contribution is 5.91. The number of hydrazine groups is 1. The number of rotatable bonds is 8. The number of ether oxygens (including phenoxy) is 2. The highest BCUT2D eigenvalue weighted by Crippen LogP contribution is 2.29. The molecule has 4 rings (SSSR count). The summed E-state index contributed by atoms with van der Waals surface area (Å²) in [5.41, 5.74) is 0.870. The second kappa shape index (κ2) is 11.1. The highest BCUT2D eigenvalue weighted by Gasteiger charge is 2.51. The minimum Gasteiger partial charge on any atom is -0.497 e. The second-order valence-corrected chi connectivity index (χ2v) is 9.28. The number of aliphatic carboxylic acids is 1. The van der Waals surface area contributed by atoms with E-state index in [1.54, 1.807) is 36.2 Å². The lowest BCUT2D eigenvalue weighted by Gasteiger charge is -2.54. The average molecular weight is 504 g/mol. The van der Waals surface area contributed by atoms with Gasteiger partial charge in [-0.05, 0) is 37.0 Å². The number of nitrogens with zero attached hydrogens (tertiary/aromatic N) is 4. The molecule has 1 unspecified atom stereocenters. The summed E-state index contributed by atoms with van der Waals surface area (Å²) in [6.07, 6.45) is 0.568. The van der Waals surface area contributed by atoms with E-state index in [9.17, 15) is 24.3 Å². The quantitative estimate of drug-likeness (QED) is 0.524. The van der Waals surface area contributed by atoms with Crippen molar-refractivity contribution in [1.82, 2.24) is 25.1 Å². The molecule has 0 aromatic heterocycles. The third kappa shape index (κ3) is 5.54. The fraction of sp³-hybridized carbons (Fsp3) is 0.583. The van der Waals surface area contributed by atoms with Gasteiger partial charge in [0.15, 0.2) is 0 Å². The first-order chi connectivity index (χ1) is 17.3. The third-order valence-electron chi connectivity index (χ3n) is 6.83. The van der Waals surface area contributed by atoms with E-state index in [1.165, 1.54) is 9.91 Å². The summed E-state index contributed by atoms with van der Waals surface area (Å²) >= 11 is 0. The van der Waals surface area contributed by atoms with Gasteiger partial charge in [0.1, 0.15) is 18.0 Å². The molecule has 1 aromatic rings. The standard InChI is InChI=1S/C24H33N5O7/c1-26-15-21(30)28-19(9-10-22(31)32)23(33)27(13-18-4-3-11-36-18)14-20(28)29(26)24(34)25-12-16-5-7-17(35-2)8-6-16/h5-8,18-20H,3-4,9-15H2,1-2H3,(H,25,34)(H,31,32)/t18?,19-,20-/m0/s1. The molecule has 0 radical (unpaired) electrons. The van der Waals surface area contributed by atoms with E-state index < -0.39 is 24.2 Å². The Hall–Kier alpha value is -3.38. The Kier molecular flexibility index (Phi) is 7.94. The molecule has 12 nitrogen and oxygen atoms in total. The van der Waals surface area contributed by atoms with Crippen LogP contribution in [0.2, 0.25) is 0 Å². The van der Waals surface area contributed by atoms with Gasteiger partial charge in [0.2, 0.25) is 11.8 Å². The van der Waals surface area contributed by atoms with Crippen molar-refractivity contribution in [1.29, 1.82) is 0 Å². The van der Waals surface area contributed by atoms with E-state index in [0.29, 0.717) is 18.9 Å². The molecule has 3 heterocycles. The average Bonchev–Trinajstić information content (AvgIpc) is 3.36. The number of carbonyl (C=O) groups is 4. The van der Waals surface area contributed by atoms with Crippen LogP contribution < -0.4 is 10.1 Å². The van der Waals surface area contributed by atoms with E-state index in [4.69, 9.17) is 9.47 Å². The van der Waals surface area contributed by atoms with Gasteiger partial charge in [0.25, 0.3) is 0 Å². The molecule has 3 atom stereocenters. The van der Waals surface area contributed by atoms with Crippen LogP contribution in [0.25, 0.3) is 0 Å². The summed E-state index contributed by atoms with van der Waals surface area (Å²) in [5, 5.41) is 15.1. The van der Waals surface area contributed by atoms with Crippen molar-refractivity contribution >= 4 is 23.8 Å². The van der Waals surface area contributed by atoms with Crippen molar-refractivity contribution in [2.24, 2.45) is 0 Å². The zero-order valence-electron chi connectivity index (χ0n) is 20.6. The number of hydrogen-bond donors (Lipinski definition) is 2. The molecule has 0 aliphatic carbocycles. The number of benzene rings is 1. The number of carboxylic acids is 1. The number of amides is 4. The number of carboxylic acid groups (broad SMARTS) is 1. The number of carbonyl (C=O) groups excluding carboxylic acids is 3. The summed E-state index contributed by atoms with van der Waals surface area (Å²) in [6.45, 7) is 1.25. The fourth-order valence-electron chi connectivity index (χ4n) is 5.04. The van der Waals surface area contributed by atoms with Crippen LogP contribution in [0, 0.1) is 0 Å². The number of fused-ring (bicyclic) bond motifs is 1. The number of piperazine rings is 1. The SMILES string of the molecule is COc1ccc(CNC(=O)N2[C@H]3CN(CC4CCCO4)C(=O)[C@H](CCC(=O)O)N3C(=O)CN2C)cc1. The van der Waals surface area contributed by atoms with Crippen molar-refractivity contribution in [3.63, 3.8) is 0 Å². The molecule has 1 aromatic carbocycles. The molecule has 196 valence electrons. The van der Waals surface area contributed by atoms with Crippen molar-refractivity contribution in [2.45, 2.75) is 50.5 Å². The van der Waals surface area contributed by atoms with Gasteiger partial charge >= 0.3 is 12.0 Å². The molecule has 4 amide bonds. The van der Waals surface area contributed by atoms with Crippen molar-refractivity contribution in [3.05, 3.63) is 29.8 Å². The molecule has 3 aliphatic heterocycles. The number of methoxy groups -OCH3 is 1. The lowest BCUT2D eigenvalue weighted by molar-refractivity contribution is -0.188. The first-order valence-corrected chi connectivity index (χ1v) is 12.1. The van der Waals surface area contributed by atoms with Crippen LogP contribution in [-0.2, 0) is 25.7 Å². The van der Waals surface area contributed by atoms with Crippen molar-refractivity contribution in [3.8, 4) is 5.75 Å². The van der Waals surface area contributed by atoms with Crippen LogP contribution in [0.1, 0.15) is 31.2 Å². The van der Waals surface area contributed by atoms with Gasteiger partial charge in [0.05, 0.1) is 26.3 Å². The minimum absolute atomic E-state index is 0.0244. The molecule has 3 fully saturated rings. The monoisotopic (exact) mass is 503 g/mol. The Morgan fingerprint density at radius 3 is 2.61 bits per heavy atom. The second-order valence-electron chi connectivity index (χ2n) is 9.28. The zero-order chi connectivity index (χ0) is 25.8. The van der Waals surface area contributed by atoms with Gasteiger partial charge in [-0.25, -0.2) is 14.8 Å². The molecular formula is C24H33N5O7. The van der Waals surface area contributed by atoms with E-state index >= 15 is 0 Å². The van der Waals surface area contributed by atoms with E-state index in [0.717, 1.165) is 18.4 Å². The first kappa shape index (κ1) is 25.7. The lowest BCUT2D eigenvalue weighted by atomic mass is 10.0. The number of hydrogen-bond acceptors (Lipinski definition) is 7. The van der Waals surface area contributed by atoms with Crippen molar-refractivity contribution < 1.29 is 33.8 Å². The van der Waals surface area contributed by atoms with Gasteiger partial charge in [0, 0.05) is 33.2 Å². The summed E-state index contributed by atoms with van der Waals surface area (Å²) in [5.74, 6) is -0.964. The van der Waals surface area contributed by atoms with Gasteiger partial charge < -0.3 is 29.7 Å². The van der Waals surface area contributed by atoms with E-state index in [-0.39, 0.29) is 50.4 Å². The summed E-state index contributed by atoms with van der Waals surface area (Å²) in [4.78, 5) is 54.1. The molecule has 3 aliphatic rings. The Labute approximate surface area is 209 Å². The van der Waals surface area contributed by atoms with Gasteiger partial charge in [-0.2, -0.15) is 0 Å². The van der Waals surface area contributed by atoms with E-state index in [1.807, 2.05) is 12.1 Å². The maximum Gasteiger partial charge on any atom is 0.334 e. The topological polar surface area (TPSA) is 132 Å². The maximum atomic E-state index is 13.4. The largest absolute Gasteiger partial charge is 0.497 e. The smallest absolute Gasteiger partial charge is 0.334 e. The number of urea groups is 1. The molecule has 0 saturated carbocycles. The lowest BCUT2D eigenvalue weighted by Crippen LogP contribution is -2.76. The number of nitrogens with one attached hydrogen (secondary N) is 1. The van der Waals surface area contributed by atoms with Gasteiger partial charge in [-0.1, -0.05) is 12.1 Å². The predicted octanol–water partition coefficient (Wildman–Crippen LogP) is 0.477. The first-order valence-electron chi connectivity index (χ1n) is 12.1. The van der Waals surface area contributed by atoms with Gasteiger partial charge in [-0.3, -0.25) is 14.4 Å². The van der Waals surface area contributed by atoms with Crippen LogP contribution in [0.5, 0.6) is 5.75 Å². The normalized spacial score (nSPS) is 24.6.